The van der Waals surface area contributed by atoms with Gasteiger partial charge in [-0.3, -0.25) is 9.78 Å². The number of halogens is 1. The van der Waals surface area contributed by atoms with E-state index in [1.807, 2.05) is 6.08 Å². The van der Waals surface area contributed by atoms with E-state index in [4.69, 9.17) is 0 Å². The van der Waals surface area contributed by atoms with Gasteiger partial charge in [0.15, 0.2) is 0 Å². The molecule has 0 radical (unpaired) electrons. The molecule has 138 valence electrons. The number of hydrogen-bond acceptors (Lipinski definition) is 2. The summed E-state index contributed by atoms with van der Waals surface area (Å²) in [6, 6.07) is 6.30. The molecule has 4 heteroatoms. The number of benzene rings is 1. The first kappa shape index (κ1) is 21.3. The van der Waals surface area contributed by atoms with E-state index in [1.54, 1.807) is 30.4 Å². The van der Waals surface area contributed by atoms with Gasteiger partial charge in [0, 0.05) is 18.1 Å². The van der Waals surface area contributed by atoms with Crippen LogP contribution in [0.5, 0.6) is 0 Å². The summed E-state index contributed by atoms with van der Waals surface area (Å²) in [5, 5.41) is 3.41. The number of fused-ring (bicyclic) bond motifs is 1. The van der Waals surface area contributed by atoms with Gasteiger partial charge in [0.05, 0.1) is 5.56 Å². The molecule has 0 atom stereocenters. The highest BCUT2D eigenvalue weighted by molar-refractivity contribution is 5.97. The Labute approximate surface area is 155 Å². The molecule has 0 aliphatic heterocycles. The standard InChI is InChI=1S/C18H17FN2O.C4H10/c1-3-6-13(4-2)9-10-20-18(22)15-11-14-7-5-8-16(19)17(14)21-12-15;1-4(2)3/h3-8,11-12H,1-2,9-10H2,(H,20,22);4H,1-3H3/b13-6+;. The molecule has 1 aromatic carbocycles. The Kier molecular flexibility index (Phi) is 8.99. The Hall–Kier alpha value is -2.75. The highest BCUT2D eigenvalue weighted by atomic mass is 19.1. The van der Waals surface area contributed by atoms with Crippen LogP contribution in [0.1, 0.15) is 37.6 Å². The van der Waals surface area contributed by atoms with Crippen molar-refractivity contribution in [3.05, 3.63) is 78.8 Å². The molecular formula is C22H27FN2O. The summed E-state index contributed by atoms with van der Waals surface area (Å²) in [6.45, 7) is 14.3. The second kappa shape index (κ2) is 11.0. The molecule has 2 rings (SSSR count). The van der Waals surface area contributed by atoms with E-state index >= 15 is 0 Å². The van der Waals surface area contributed by atoms with Crippen LogP contribution in [0, 0.1) is 11.7 Å². The fourth-order valence-electron chi connectivity index (χ4n) is 2.07. The number of carbonyl (C=O) groups is 1. The maximum atomic E-state index is 13.5. The summed E-state index contributed by atoms with van der Waals surface area (Å²) in [7, 11) is 0. The van der Waals surface area contributed by atoms with Crippen molar-refractivity contribution in [1.82, 2.24) is 10.3 Å². The number of nitrogens with zero attached hydrogens (tertiary/aromatic N) is 1. The molecule has 0 spiro atoms. The van der Waals surface area contributed by atoms with E-state index in [-0.39, 0.29) is 11.4 Å². The Morgan fingerprint density at radius 1 is 1.31 bits per heavy atom. The first-order valence-electron chi connectivity index (χ1n) is 8.65. The fourth-order valence-corrected chi connectivity index (χ4v) is 2.07. The quantitative estimate of drug-likeness (QED) is 0.700. The van der Waals surface area contributed by atoms with Crippen LogP contribution in [0.15, 0.2) is 67.4 Å². The summed E-state index contributed by atoms with van der Waals surface area (Å²) < 4.78 is 13.5. The zero-order chi connectivity index (χ0) is 19.5. The SMILES string of the molecule is C=C/C=C(\C=C)CCNC(=O)c1cnc2c(F)cccc2c1.CC(C)C. The van der Waals surface area contributed by atoms with E-state index in [0.29, 0.717) is 23.9 Å². The maximum Gasteiger partial charge on any atom is 0.252 e. The van der Waals surface area contributed by atoms with Gasteiger partial charge in [-0.15, -0.1) is 0 Å². The molecule has 0 unspecified atom stereocenters. The van der Waals surface area contributed by atoms with Gasteiger partial charge in [0.2, 0.25) is 0 Å². The van der Waals surface area contributed by atoms with Crippen LogP contribution in [-0.4, -0.2) is 17.4 Å². The van der Waals surface area contributed by atoms with Crippen molar-refractivity contribution in [3.63, 3.8) is 0 Å². The summed E-state index contributed by atoms with van der Waals surface area (Å²) in [6.07, 6.45) is 7.31. The van der Waals surface area contributed by atoms with Gasteiger partial charge in [-0.05, 0) is 30.0 Å². The van der Waals surface area contributed by atoms with Crippen molar-refractivity contribution >= 4 is 16.8 Å². The van der Waals surface area contributed by atoms with E-state index < -0.39 is 5.82 Å². The lowest BCUT2D eigenvalue weighted by atomic mass is 10.1. The van der Waals surface area contributed by atoms with Crippen LogP contribution >= 0.6 is 0 Å². The Bertz CT molecular complexity index is 791. The summed E-state index contributed by atoms with van der Waals surface area (Å²) in [4.78, 5) is 16.1. The third kappa shape index (κ3) is 7.01. The van der Waals surface area contributed by atoms with Crippen molar-refractivity contribution in [1.29, 1.82) is 0 Å². The Morgan fingerprint density at radius 2 is 2.00 bits per heavy atom. The normalized spacial score (nSPS) is 10.9. The van der Waals surface area contributed by atoms with Crippen LogP contribution in [-0.2, 0) is 0 Å². The lowest BCUT2D eigenvalue weighted by Gasteiger charge is -2.06. The van der Waals surface area contributed by atoms with Gasteiger partial charge >= 0.3 is 0 Å². The predicted octanol–water partition coefficient (Wildman–Crippen LogP) is 5.45. The first-order valence-corrected chi connectivity index (χ1v) is 8.65. The molecule has 0 saturated heterocycles. The molecule has 0 fully saturated rings. The van der Waals surface area contributed by atoms with Crippen molar-refractivity contribution < 1.29 is 9.18 Å². The summed E-state index contributed by atoms with van der Waals surface area (Å²) in [5.74, 6) is 0.204. The number of allylic oxidation sites excluding steroid dienone is 3. The molecule has 0 aliphatic rings. The Morgan fingerprint density at radius 3 is 2.62 bits per heavy atom. The van der Waals surface area contributed by atoms with Crippen LogP contribution in [0.3, 0.4) is 0 Å². The minimum atomic E-state index is -0.394. The van der Waals surface area contributed by atoms with E-state index in [0.717, 1.165) is 11.5 Å². The minimum absolute atomic E-state index is 0.235. The molecule has 0 saturated carbocycles. The lowest BCUT2D eigenvalue weighted by molar-refractivity contribution is 0.0954. The molecule has 0 aliphatic carbocycles. The molecule has 1 aromatic heterocycles. The van der Waals surface area contributed by atoms with Crippen molar-refractivity contribution in [2.45, 2.75) is 27.2 Å². The molecule has 2 aromatic rings. The topological polar surface area (TPSA) is 42.0 Å². The van der Waals surface area contributed by atoms with Gasteiger partial charge in [0.25, 0.3) is 5.91 Å². The molecule has 1 heterocycles. The third-order valence-corrected chi connectivity index (χ3v) is 3.22. The lowest BCUT2D eigenvalue weighted by Crippen LogP contribution is -2.24. The number of pyridine rings is 1. The average molecular weight is 354 g/mol. The minimum Gasteiger partial charge on any atom is -0.352 e. The Balaban J connectivity index is 0.000000765. The van der Waals surface area contributed by atoms with E-state index in [2.05, 4.69) is 44.2 Å². The summed E-state index contributed by atoms with van der Waals surface area (Å²) >= 11 is 0. The third-order valence-electron chi connectivity index (χ3n) is 3.22. The van der Waals surface area contributed by atoms with Gasteiger partial charge in [0.1, 0.15) is 11.3 Å². The number of hydrogen-bond donors (Lipinski definition) is 1. The average Bonchev–Trinajstić information content (AvgIpc) is 2.60. The summed E-state index contributed by atoms with van der Waals surface area (Å²) in [5.41, 5.74) is 1.67. The molecule has 0 bridgehead atoms. The smallest absolute Gasteiger partial charge is 0.252 e. The largest absolute Gasteiger partial charge is 0.352 e. The number of nitrogens with one attached hydrogen (secondary N) is 1. The number of aromatic nitrogens is 1. The fraction of sp³-hybridized carbons (Fsp3) is 0.273. The number of amides is 1. The second-order valence-electron chi connectivity index (χ2n) is 6.45. The molecule has 1 amide bonds. The molecule has 1 N–H and O–H groups in total. The van der Waals surface area contributed by atoms with Crippen LogP contribution < -0.4 is 5.32 Å². The highest BCUT2D eigenvalue weighted by Gasteiger charge is 2.08. The van der Waals surface area contributed by atoms with Crippen LogP contribution in [0.2, 0.25) is 0 Å². The van der Waals surface area contributed by atoms with E-state index in [9.17, 15) is 9.18 Å². The monoisotopic (exact) mass is 354 g/mol. The van der Waals surface area contributed by atoms with Gasteiger partial charge < -0.3 is 5.32 Å². The number of carbonyl (C=O) groups excluding carboxylic acids is 1. The number of para-hydroxylation sites is 1. The second-order valence-corrected chi connectivity index (χ2v) is 6.45. The van der Waals surface area contributed by atoms with Gasteiger partial charge in [-0.25, -0.2) is 4.39 Å². The zero-order valence-electron chi connectivity index (χ0n) is 15.8. The molecule has 3 nitrogen and oxygen atoms in total. The van der Waals surface area contributed by atoms with Gasteiger partial charge in [-0.2, -0.15) is 0 Å². The van der Waals surface area contributed by atoms with Crippen LogP contribution in [0.25, 0.3) is 10.9 Å². The first-order chi connectivity index (χ1) is 12.4. The van der Waals surface area contributed by atoms with Gasteiger partial charge in [-0.1, -0.05) is 64.3 Å². The predicted molar refractivity (Wildman–Crippen MR) is 108 cm³/mol. The molecule has 26 heavy (non-hydrogen) atoms. The van der Waals surface area contributed by atoms with Crippen molar-refractivity contribution in [2.24, 2.45) is 5.92 Å². The molecular weight excluding hydrogens is 327 g/mol. The van der Waals surface area contributed by atoms with Crippen molar-refractivity contribution in [3.8, 4) is 0 Å². The maximum absolute atomic E-state index is 13.5. The van der Waals surface area contributed by atoms with E-state index in [1.165, 1.54) is 12.3 Å². The zero-order valence-corrected chi connectivity index (χ0v) is 15.8. The highest BCUT2D eigenvalue weighted by Crippen LogP contribution is 2.16. The number of rotatable bonds is 6. The van der Waals surface area contributed by atoms with Crippen LogP contribution in [0.4, 0.5) is 4.39 Å². The van der Waals surface area contributed by atoms with Crippen molar-refractivity contribution in [2.75, 3.05) is 6.54 Å².